The average molecular weight is 443 g/mol. The Morgan fingerprint density at radius 3 is 1.43 bits per heavy atom. The lowest BCUT2D eigenvalue weighted by molar-refractivity contribution is 0.389. The number of fused-ring (bicyclic) bond motifs is 4. The first kappa shape index (κ1) is 20.5. The van der Waals surface area contributed by atoms with Crippen LogP contribution in [0.4, 0.5) is 0 Å². The maximum absolute atomic E-state index is 5.53. The van der Waals surface area contributed by atoms with Gasteiger partial charge in [-0.15, -0.1) is 0 Å². The van der Waals surface area contributed by atoms with Crippen LogP contribution in [0.5, 0.6) is 0 Å². The molecule has 0 saturated heterocycles. The molecule has 30 heavy (non-hydrogen) atoms. The van der Waals surface area contributed by atoms with Crippen LogP contribution in [0, 0.1) is 23.7 Å². The molecule has 0 spiro atoms. The fraction of sp³-hybridized carbons (Fsp3) is 0.667. The Morgan fingerprint density at radius 2 is 1.10 bits per heavy atom. The molecule has 0 aliphatic heterocycles. The van der Waals surface area contributed by atoms with Crippen LogP contribution >= 0.6 is 24.4 Å². The fourth-order valence-corrected chi connectivity index (χ4v) is 6.87. The van der Waals surface area contributed by atoms with Crippen molar-refractivity contribution in [3.8, 4) is 0 Å². The zero-order valence-corrected chi connectivity index (χ0v) is 19.3. The summed E-state index contributed by atoms with van der Waals surface area (Å²) in [6.07, 6.45) is 11.0. The van der Waals surface area contributed by atoms with E-state index < -0.39 is 0 Å². The second-order valence-electron chi connectivity index (χ2n) is 10.0. The summed E-state index contributed by atoms with van der Waals surface area (Å²) in [6, 6.07) is 9.89. The van der Waals surface area contributed by atoms with Crippen LogP contribution in [0.25, 0.3) is 0 Å². The van der Waals surface area contributed by atoms with E-state index in [-0.39, 0.29) is 0 Å². The standard InChI is InChI=1S/C24H34N4S2/c29-23(27-21-11-17-5-7-19(21)9-17)25-13-15-1-2-16(4-3-15)14-26-24(30)28-22-12-18-6-8-20(22)10-18/h1-4,17-22H,5-14H2,(H2,25,27,29)(H2,26,28,30)/t17-,18+,19-,20-,21-,22+/m1/s1. The molecule has 0 amide bonds. The first-order valence-electron chi connectivity index (χ1n) is 11.8. The molecule has 6 atom stereocenters. The van der Waals surface area contributed by atoms with Gasteiger partial charge in [0.25, 0.3) is 0 Å². The highest BCUT2D eigenvalue weighted by molar-refractivity contribution is 7.80. The quantitative estimate of drug-likeness (QED) is 0.500. The fourth-order valence-electron chi connectivity index (χ4n) is 6.42. The third kappa shape index (κ3) is 4.75. The molecule has 162 valence electrons. The zero-order valence-electron chi connectivity index (χ0n) is 17.7. The van der Waals surface area contributed by atoms with E-state index in [1.165, 1.54) is 62.5 Å². The minimum atomic E-state index is 0.592. The summed E-state index contributed by atoms with van der Waals surface area (Å²) in [5.41, 5.74) is 2.50. The molecule has 5 rings (SSSR count). The van der Waals surface area contributed by atoms with Crippen molar-refractivity contribution < 1.29 is 0 Å². The molecular formula is C24H34N4S2. The predicted molar refractivity (Wildman–Crippen MR) is 130 cm³/mol. The monoisotopic (exact) mass is 442 g/mol. The Hall–Kier alpha value is -1.40. The average Bonchev–Trinajstić information content (AvgIpc) is 3.53. The van der Waals surface area contributed by atoms with E-state index in [0.29, 0.717) is 12.1 Å². The summed E-state index contributed by atoms with van der Waals surface area (Å²) < 4.78 is 0. The van der Waals surface area contributed by atoms with Gasteiger partial charge in [0.2, 0.25) is 0 Å². The lowest BCUT2D eigenvalue weighted by atomic mass is 9.95. The molecule has 4 aliphatic rings. The van der Waals surface area contributed by atoms with Crippen LogP contribution in [-0.4, -0.2) is 22.3 Å². The van der Waals surface area contributed by atoms with Crippen LogP contribution in [0.1, 0.15) is 62.5 Å². The zero-order chi connectivity index (χ0) is 20.5. The van der Waals surface area contributed by atoms with E-state index in [1.54, 1.807) is 0 Å². The van der Waals surface area contributed by atoms with E-state index in [4.69, 9.17) is 24.4 Å². The molecule has 0 heterocycles. The van der Waals surface area contributed by atoms with Gasteiger partial charge in [-0.25, -0.2) is 0 Å². The van der Waals surface area contributed by atoms with Gasteiger partial charge in [-0.2, -0.15) is 0 Å². The van der Waals surface area contributed by atoms with E-state index in [1.807, 2.05) is 0 Å². The third-order valence-electron chi connectivity index (χ3n) is 8.04. The molecule has 6 heteroatoms. The molecular weight excluding hydrogens is 408 g/mol. The van der Waals surface area contributed by atoms with Crippen LogP contribution in [0.3, 0.4) is 0 Å². The van der Waals surface area contributed by atoms with E-state index in [9.17, 15) is 0 Å². The Morgan fingerprint density at radius 1 is 0.667 bits per heavy atom. The number of rotatable bonds is 6. The van der Waals surface area contributed by atoms with Gasteiger partial charge < -0.3 is 21.3 Å². The van der Waals surface area contributed by atoms with Gasteiger partial charge in [0.1, 0.15) is 0 Å². The number of hydrogen-bond acceptors (Lipinski definition) is 2. The molecule has 4 nitrogen and oxygen atoms in total. The number of hydrogen-bond donors (Lipinski definition) is 4. The normalized spacial score (nSPS) is 33.5. The van der Waals surface area contributed by atoms with Gasteiger partial charge in [0.15, 0.2) is 10.2 Å². The van der Waals surface area contributed by atoms with Crippen molar-refractivity contribution in [2.75, 3.05) is 0 Å². The molecule has 4 fully saturated rings. The minimum absolute atomic E-state index is 0.592. The molecule has 0 radical (unpaired) electrons. The molecule has 0 aromatic heterocycles. The highest BCUT2D eigenvalue weighted by Crippen LogP contribution is 2.45. The molecule has 4 N–H and O–H groups in total. The Balaban J connectivity index is 1.01. The second kappa shape index (κ2) is 8.99. The summed E-state index contributed by atoms with van der Waals surface area (Å²) >= 11 is 11.1. The Bertz CT molecular complexity index is 715. The number of thiocarbonyl (C=S) groups is 2. The first-order chi connectivity index (χ1) is 14.6. The first-order valence-corrected chi connectivity index (χ1v) is 12.6. The van der Waals surface area contributed by atoms with Crippen molar-refractivity contribution in [1.29, 1.82) is 0 Å². The Labute approximate surface area is 191 Å². The SMILES string of the molecule is S=C(NCc1ccc(CNC(=S)N[C@@H]2C[C@@H]3CC[C@@H]2C3)cc1)N[C@H]1C[C@H]2CC[C@@H]1C2. The molecule has 0 unspecified atom stereocenters. The van der Waals surface area contributed by atoms with Crippen LogP contribution < -0.4 is 21.3 Å². The molecule has 4 saturated carbocycles. The van der Waals surface area contributed by atoms with Crippen LogP contribution in [0.2, 0.25) is 0 Å². The molecule has 1 aromatic rings. The number of benzene rings is 1. The van der Waals surface area contributed by atoms with Crippen molar-refractivity contribution in [2.45, 2.75) is 76.5 Å². The van der Waals surface area contributed by atoms with E-state index in [0.717, 1.165) is 47.0 Å². The van der Waals surface area contributed by atoms with Gasteiger partial charge in [0.05, 0.1) is 0 Å². The van der Waals surface area contributed by atoms with Crippen molar-refractivity contribution in [2.24, 2.45) is 23.7 Å². The summed E-state index contributed by atoms with van der Waals surface area (Å²) in [7, 11) is 0. The largest absolute Gasteiger partial charge is 0.360 e. The second-order valence-corrected chi connectivity index (χ2v) is 10.8. The van der Waals surface area contributed by atoms with Gasteiger partial charge in [-0.1, -0.05) is 37.1 Å². The maximum atomic E-state index is 5.53. The van der Waals surface area contributed by atoms with Crippen LogP contribution in [0.15, 0.2) is 24.3 Å². The smallest absolute Gasteiger partial charge is 0.166 e. The maximum Gasteiger partial charge on any atom is 0.166 e. The van der Waals surface area contributed by atoms with Crippen LogP contribution in [-0.2, 0) is 13.1 Å². The summed E-state index contributed by atoms with van der Waals surface area (Å²) in [5.74, 6) is 3.55. The summed E-state index contributed by atoms with van der Waals surface area (Å²) in [4.78, 5) is 0. The molecule has 1 aromatic carbocycles. The third-order valence-corrected chi connectivity index (χ3v) is 8.56. The highest BCUT2D eigenvalue weighted by Gasteiger charge is 2.40. The van der Waals surface area contributed by atoms with Gasteiger partial charge in [0, 0.05) is 25.2 Å². The van der Waals surface area contributed by atoms with E-state index >= 15 is 0 Å². The van der Waals surface area contributed by atoms with Crippen molar-refractivity contribution >= 4 is 34.7 Å². The van der Waals surface area contributed by atoms with Crippen molar-refractivity contribution in [3.05, 3.63) is 35.4 Å². The Kier molecular flexibility index (Phi) is 6.15. The van der Waals surface area contributed by atoms with Gasteiger partial charge in [-0.05, 0) is 97.8 Å². The molecule has 4 bridgehead atoms. The van der Waals surface area contributed by atoms with Crippen molar-refractivity contribution in [1.82, 2.24) is 21.3 Å². The minimum Gasteiger partial charge on any atom is -0.360 e. The predicted octanol–water partition coefficient (Wildman–Crippen LogP) is 3.99. The van der Waals surface area contributed by atoms with Gasteiger partial charge >= 0.3 is 0 Å². The summed E-state index contributed by atoms with van der Waals surface area (Å²) in [6.45, 7) is 1.54. The van der Waals surface area contributed by atoms with Crippen molar-refractivity contribution in [3.63, 3.8) is 0 Å². The van der Waals surface area contributed by atoms with E-state index in [2.05, 4.69) is 45.5 Å². The van der Waals surface area contributed by atoms with Gasteiger partial charge in [-0.3, -0.25) is 0 Å². The number of nitrogens with one attached hydrogen (secondary N) is 4. The lowest BCUT2D eigenvalue weighted by Gasteiger charge is -2.24. The topological polar surface area (TPSA) is 48.1 Å². The lowest BCUT2D eigenvalue weighted by Crippen LogP contribution is -2.44. The highest BCUT2D eigenvalue weighted by atomic mass is 32.1. The molecule has 4 aliphatic carbocycles. The summed E-state index contributed by atoms with van der Waals surface area (Å²) in [5, 5.41) is 15.5.